The molecule has 0 bridgehead atoms. The van der Waals surface area contributed by atoms with Gasteiger partial charge in [-0.3, -0.25) is 0 Å². The molecule has 0 saturated heterocycles. The lowest BCUT2D eigenvalue weighted by molar-refractivity contribution is -0.561. The van der Waals surface area contributed by atoms with Crippen LogP contribution in [-0.4, -0.2) is 23.9 Å². The Morgan fingerprint density at radius 1 is 1.07 bits per heavy atom. The number of hydrogen-bond acceptors (Lipinski definition) is 0. The predicted molar refractivity (Wildman–Crippen MR) is 69.9 cm³/mol. The maximum Gasteiger partial charge on any atom is 0.152 e. The highest BCUT2D eigenvalue weighted by Crippen LogP contribution is 2.23. The second-order valence-electron chi connectivity index (χ2n) is 5.05. The van der Waals surface area contributed by atoms with Crippen molar-refractivity contribution in [1.29, 1.82) is 0 Å². The van der Waals surface area contributed by atoms with E-state index in [0.717, 1.165) is 18.4 Å². The van der Waals surface area contributed by atoms with Crippen molar-refractivity contribution in [2.75, 3.05) is 6.54 Å². The Kier molecular flexibility index (Phi) is 7.72. The van der Waals surface area contributed by atoms with Gasteiger partial charge in [0.1, 0.15) is 13.3 Å². The van der Waals surface area contributed by atoms with E-state index >= 15 is 0 Å². The van der Waals surface area contributed by atoms with Crippen LogP contribution in [0.5, 0.6) is 0 Å². The maximum absolute atomic E-state index is 4.12. The quantitative estimate of drug-likeness (QED) is 0.325. The van der Waals surface area contributed by atoms with Crippen LogP contribution >= 0.6 is 0 Å². The van der Waals surface area contributed by atoms with Crippen LogP contribution in [0.4, 0.5) is 0 Å². The molecule has 15 heavy (non-hydrogen) atoms. The van der Waals surface area contributed by atoms with Gasteiger partial charge in [0.25, 0.3) is 0 Å². The second-order valence-corrected chi connectivity index (χ2v) is 5.05. The third-order valence-electron chi connectivity index (χ3n) is 3.60. The summed E-state index contributed by atoms with van der Waals surface area (Å²) in [6.45, 7) is 16.6. The van der Waals surface area contributed by atoms with Crippen molar-refractivity contribution >= 4 is 6.72 Å². The largest absolute Gasteiger partial charge is 0.240 e. The van der Waals surface area contributed by atoms with Gasteiger partial charge in [-0.05, 0) is 26.2 Å². The summed E-state index contributed by atoms with van der Waals surface area (Å²) in [5.41, 5.74) is 0. The molecule has 1 nitrogen and oxygen atoms in total. The molecular weight excluding hydrogens is 182 g/mol. The summed E-state index contributed by atoms with van der Waals surface area (Å²) >= 11 is 0. The zero-order valence-electron chi connectivity index (χ0n) is 11.4. The molecule has 0 aliphatic rings. The number of unbranched alkanes of at least 4 members (excludes halogenated alkanes) is 2. The molecule has 0 spiro atoms. The summed E-state index contributed by atoms with van der Waals surface area (Å²) in [5, 5.41) is 0. The lowest BCUT2D eigenvalue weighted by Gasteiger charge is -2.24. The van der Waals surface area contributed by atoms with Gasteiger partial charge in [0.05, 0.1) is 0 Å². The average Bonchev–Trinajstić information content (AvgIpc) is 2.22. The van der Waals surface area contributed by atoms with E-state index in [1.165, 1.54) is 25.7 Å². The van der Waals surface area contributed by atoms with Gasteiger partial charge in [0, 0.05) is 5.92 Å². The summed E-state index contributed by atoms with van der Waals surface area (Å²) in [6, 6.07) is 0.617. The van der Waals surface area contributed by atoms with Gasteiger partial charge in [-0.25, -0.2) is 4.58 Å². The van der Waals surface area contributed by atoms with Crippen molar-refractivity contribution in [2.24, 2.45) is 11.8 Å². The SMILES string of the molecule is C=[N+](CC)C(C)C(CCCCC)C(C)C. The first-order chi connectivity index (χ1) is 7.04. The molecular formula is C14H30N+. The fraction of sp³-hybridized carbons (Fsp3) is 0.929. The van der Waals surface area contributed by atoms with Crippen LogP contribution in [0.15, 0.2) is 0 Å². The minimum absolute atomic E-state index is 0.617. The van der Waals surface area contributed by atoms with Crippen LogP contribution in [0.1, 0.15) is 60.3 Å². The van der Waals surface area contributed by atoms with Crippen LogP contribution < -0.4 is 0 Å². The molecule has 0 aromatic carbocycles. The van der Waals surface area contributed by atoms with Gasteiger partial charge in [-0.15, -0.1) is 0 Å². The molecule has 0 saturated carbocycles. The molecule has 0 radical (unpaired) electrons. The topological polar surface area (TPSA) is 3.01 Å². The van der Waals surface area contributed by atoms with E-state index in [4.69, 9.17) is 0 Å². The maximum atomic E-state index is 4.12. The van der Waals surface area contributed by atoms with Gasteiger partial charge >= 0.3 is 0 Å². The summed E-state index contributed by atoms with van der Waals surface area (Å²) in [4.78, 5) is 0. The van der Waals surface area contributed by atoms with Crippen LogP contribution in [-0.2, 0) is 0 Å². The molecule has 2 unspecified atom stereocenters. The lowest BCUT2D eigenvalue weighted by atomic mass is 9.84. The average molecular weight is 212 g/mol. The summed E-state index contributed by atoms with van der Waals surface area (Å²) in [6.07, 6.45) is 5.43. The molecule has 0 amide bonds. The number of hydrogen-bond donors (Lipinski definition) is 0. The molecule has 1 heteroatoms. The molecule has 2 atom stereocenters. The molecule has 0 rings (SSSR count). The zero-order chi connectivity index (χ0) is 11.8. The highest BCUT2D eigenvalue weighted by molar-refractivity contribution is 5.14. The van der Waals surface area contributed by atoms with Gasteiger partial charge < -0.3 is 0 Å². The minimum Gasteiger partial charge on any atom is -0.240 e. The first-order valence-electron chi connectivity index (χ1n) is 6.61. The highest BCUT2D eigenvalue weighted by Gasteiger charge is 2.26. The van der Waals surface area contributed by atoms with Crippen molar-refractivity contribution in [1.82, 2.24) is 0 Å². The van der Waals surface area contributed by atoms with E-state index in [1.807, 2.05) is 0 Å². The number of rotatable bonds is 8. The van der Waals surface area contributed by atoms with E-state index < -0.39 is 0 Å². The molecule has 90 valence electrons. The molecule has 0 aliphatic carbocycles. The van der Waals surface area contributed by atoms with Crippen LogP contribution in [0, 0.1) is 11.8 Å². The first-order valence-corrected chi connectivity index (χ1v) is 6.61. The van der Waals surface area contributed by atoms with Crippen LogP contribution in [0.3, 0.4) is 0 Å². The fourth-order valence-corrected chi connectivity index (χ4v) is 2.32. The monoisotopic (exact) mass is 212 g/mol. The molecule has 0 fully saturated rings. The third kappa shape index (κ3) is 5.34. The molecule has 0 aromatic rings. The van der Waals surface area contributed by atoms with Crippen molar-refractivity contribution < 1.29 is 4.58 Å². The molecule has 0 aliphatic heterocycles. The van der Waals surface area contributed by atoms with Gasteiger partial charge in [-0.2, -0.15) is 0 Å². The van der Waals surface area contributed by atoms with E-state index in [0.29, 0.717) is 6.04 Å². The Morgan fingerprint density at radius 3 is 2.07 bits per heavy atom. The van der Waals surface area contributed by atoms with Crippen LogP contribution in [0.25, 0.3) is 0 Å². The van der Waals surface area contributed by atoms with Crippen molar-refractivity contribution in [3.05, 3.63) is 0 Å². The predicted octanol–water partition coefficient (Wildman–Crippen LogP) is 3.96. The van der Waals surface area contributed by atoms with Crippen molar-refractivity contribution in [2.45, 2.75) is 66.3 Å². The second kappa shape index (κ2) is 7.90. The summed E-state index contributed by atoms with van der Waals surface area (Å²) in [5.74, 6) is 1.57. The zero-order valence-corrected chi connectivity index (χ0v) is 11.4. The van der Waals surface area contributed by atoms with E-state index in [2.05, 4.69) is 45.9 Å². The summed E-state index contributed by atoms with van der Waals surface area (Å²) < 4.78 is 2.23. The Labute approximate surface area is 96.6 Å². The highest BCUT2D eigenvalue weighted by atomic mass is 15.0. The Hall–Kier alpha value is -0.330. The van der Waals surface area contributed by atoms with Gasteiger partial charge in [0.15, 0.2) is 6.04 Å². The fourth-order valence-electron chi connectivity index (χ4n) is 2.32. The van der Waals surface area contributed by atoms with E-state index in [9.17, 15) is 0 Å². The van der Waals surface area contributed by atoms with Crippen LogP contribution in [0.2, 0.25) is 0 Å². The number of nitrogens with zero attached hydrogens (tertiary/aromatic N) is 1. The standard InChI is InChI=1S/C14H30N/c1-7-9-10-11-14(12(3)4)13(5)15(6)8-2/h12-14H,6-11H2,1-5H3/q+1. The van der Waals surface area contributed by atoms with Crippen molar-refractivity contribution in [3.8, 4) is 0 Å². The normalized spacial score (nSPS) is 15.3. The molecule has 0 N–H and O–H groups in total. The summed E-state index contributed by atoms with van der Waals surface area (Å²) in [7, 11) is 0. The van der Waals surface area contributed by atoms with Gasteiger partial charge in [0.2, 0.25) is 0 Å². The Morgan fingerprint density at radius 2 is 1.67 bits per heavy atom. The first kappa shape index (κ1) is 14.7. The Balaban J connectivity index is 4.19. The van der Waals surface area contributed by atoms with Crippen molar-refractivity contribution in [3.63, 3.8) is 0 Å². The third-order valence-corrected chi connectivity index (χ3v) is 3.60. The minimum atomic E-state index is 0.617. The lowest BCUT2D eigenvalue weighted by Crippen LogP contribution is -2.33. The van der Waals surface area contributed by atoms with E-state index in [1.54, 1.807) is 0 Å². The molecule has 0 aromatic heterocycles. The smallest absolute Gasteiger partial charge is 0.152 e. The Bertz CT molecular complexity index is 172. The van der Waals surface area contributed by atoms with E-state index in [-0.39, 0.29) is 0 Å². The molecule has 0 heterocycles. The van der Waals surface area contributed by atoms with Gasteiger partial charge in [-0.1, -0.05) is 40.0 Å².